The second-order valence-electron chi connectivity index (χ2n) is 4.50. The van der Waals surface area contributed by atoms with Gasteiger partial charge in [0.25, 0.3) is 0 Å². The zero-order valence-electron chi connectivity index (χ0n) is 7.78. The summed E-state index contributed by atoms with van der Waals surface area (Å²) in [6.07, 6.45) is 6.90. The zero-order valence-corrected chi connectivity index (χ0v) is 7.78. The molecule has 0 aromatic heterocycles. The van der Waals surface area contributed by atoms with E-state index in [0.29, 0.717) is 24.2 Å². The summed E-state index contributed by atoms with van der Waals surface area (Å²) in [6, 6.07) is 0.555. The van der Waals surface area contributed by atoms with Crippen molar-refractivity contribution in [2.75, 3.05) is 0 Å². The van der Waals surface area contributed by atoms with Gasteiger partial charge < -0.3 is 10.5 Å². The highest BCUT2D eigenvalue weighted by molar-refractivity contribution is 5.84. The minimum atomic E-state index is 0.396. The van der Waals surface area contributed by atoms with Gasteiger partial charge in [-0.3, -0.25) is 4.99 Å². The lowest BCUT2D eigenvalue weighted by atomic mass is 9.88. The molecule has 3 heteroatoms. The minimum absolute atomic E-state index is 0.396. The molecule has 0 aromatic rings. The molecular weight excluding hydrogens is 164 g/mol. The quantitative estimate of drug-likeness (QED) is 0.510. The molecule has 2 heterocycles. The smallest absolute Gasteiger partial charge is 0.0999 e. The summed E-state index contributed by atoms with van der Waals surface area (Å²) >= 11 is 0. The standard InChI is InChI=1S/C10H16N2O/c11-10(12-6-1-2-6)8-5-7-3-4-9(8)13-7/h6-9H,1-5H2,(H2,11,12). The highest BCUT2D eigenvalue weighted by atomic mass is 16.5. The Bertz CT molecular complexity index is 247. The fourth-order valence-corrected chi connectivity index (χ4v) is 2.46. The van der Waals surface area contributed by atoms with Gasteiger partial charge in [0.1, 0.15) is 0 Å². The molecule has 0 aromatic carbocycles. The van der Waals surface area contributed by atoms with Crippen LogP contribution in [0.5, 0.6) is 0 Å². The molecule has 1 aliphatic carbocycles. The van der Waals surface area contributed by atoms with E-state index in [-0.39, 0.29) is 0 Å². The van der Waals surface area contributed by atoms with Crippen molar-refractivity contribution in [1.29, 1.82) is 0 Å². The summed E-state index contributed by atoms with van der Waals surface area (Å²) < 4.78 is 5.75. The Morgan fingerprint density at radius 2 is 2.08 bits per heavy atom. The third-order valence-electron chi connectivity index (χ3n) is 3.36. The van der Waals surface area contributed by atoms with Crippen LogP contribution in [-0.4, -0.2) is 24.1 Å². The molecule has 3 aliphatic rings. The van der Waals surface area contributed by atoms with Crippen LogP contribution in [0, 0.1) is 5.92 Å². The summed E-state index contributed by atoms with van der Waals surface area (Å²) in [7, 11) is 0. The number of fused-ring (bicyclic) bond motifs is 2. The second-order valence-corrected chi connectivity index (χ2v) is 4.50. The average Bonchev–Trinajstić information content (AvgIpc) is 2.71. The highest BCUT2D eigenvalue weighted by Gasteiger charge is 2.42. The van der Waals surface area contributed by atoms with Crippen molar-refractivity contribution in [1.82, 2.24) is 0 Å². The number of rotatable bonds is 2. The van der Waals surface area contributed by atoms with Crippen molar-refractivity contribution in [3.63, 3.8) is 0 Å². The van der Waals surface area contributed by atoms with E-state index in [1.807, 2.05) is 0 Å². The van der Waals surface area contributed by atoms with E-state index in [4.69, 9.17) is 10.5 Å². The van der Waals surface area contributed by atoms with Gasteiger partial charge in [-0.25, -0.2) is 0 Å². The van der Waals surface area contributed by atoms with Gasteiger partial charge >= 0.3 is 0 Å². The SMILES string of the molecule is NC(=NC1CC1)C1CC2CCC1O2. The molecule has 0 radical (unpaired) electrons. The molecular formula is C10H16N2O. The molecule has 2 aliphatic heterocycles. The first-order valence-electron chi connectivity index (χ1n) is 5.31. The van der Waals surface area contributed by atoms with Crippen LogP contribution in [0.15, 0.2) is 4.99 Å². The number of hydrogen-bond donors (Lipinski definition) is 1. The molecule has 0 spiro atoms. The van der Waals surface area contributed by atoms with Crippen molar-refractivity contribution in [3.8, 4) is 0 Å². The predicted octanol–water partition coefficient (Wildman–Crippen LogP) is 1.07. The van der Waals surface area contributed by atoms with Gasteiger partial charge in [-0.2, -0.15) is 0 Å². The van der Waals surface area contributed by atoms with E-state index in [0.717, 1.165) is 12.3 Å². The molecule has 72 valence electrons. The Morgan fingerprint density at radius 1 is 1.23 bits per heavy atom. The maximum atomic E-state index is 5.98. The molecule has 1 saturated carbocycles. The predicted molar refractivity (Wildman–Crippen MR) is 50.6 cm³/mol. The second kappa shape index (κ2) is 2.71. The number of hydrogen-bond acceptors (Lipinski definition) is 2. The van der Waals surface area contributed by atoms with E-state index in [1.54, 1.807) is 0 Å². The molecule has 3 atom stereocenters. The molecule has 2 saturated heterocycles. The van der Waals surface area contributed by atoms with E-state index in [9.17, 15) is 0 Å². The van der Waals surface area contributed by atoms with Crippen molar-refractivity contribution < 1.29 is 4.74 Å². The summed E-state index contributed by atoms with van der Waals surface area (Å²) in [6.45, 7) is 0. The van der Waals surface area contributed by atoms with Crippen molar-refractivity contribution in [3.05, 3.63) is 0 Å². The van der Waals surface area contributed by atoms with Crippen LogP contribution in [0.1, 0.15) is 32.1 Å². The van der Waals surface area contributed by atoms with Gasteiger partial charge in [-0.15, -0.1) is 0 Å². The number of ether oxygens (including phenoxy) is 1. The third-order valence-corrected chi connectivity index (χ3v) is 3.36. The zero-order chi connectivity index (χ0) is 8.84. The van der Waals surface area contributed by atoms with E-state index < -0.39 is 0 Å². The van der Waals surface area contributed by atoms with Crippen LogP contribution >= 0.6 is 0 Å². The van der Waals surface area contributed by atoms with Crippen LogP contribution in [0.3, 0.4) is 0 Å². The molecule has 3 nitrogen and oxygen atoms in total. The molecule has 3 rings (SSSR count). The monoisotopic (exact) mass is 180 g/mol. The summed E-state index contributed by atoms with van der Waals surface area (Å²) in [4.78, 5) is 4.50. The van der Waals surface area contributed by atoms with Gasteiger partial charge in [0, 0.05) is 5.92 Å². The number of nitrogens with zero attached hydrogens (tertiary/aromatic N) is 1. The van der Waals surface area contributed by atoms with Crippen LogP contribution in [-0.2, 0) is 4.74 Å². The number of nitrogens with two attached hydrogens (primary N) is 1. The van der Waals surface area contributed by atoms with Gasteiger partial charge in [-0.05, 0) is 32.1 Å². The third kappa shape index (κ3) is 1.35. The van der Waals surface area contributed by atoms with E-state index in [1.165, 1.54) is 25.7 Å². The normalized spacial score (nSPS) is 44.3. The van der Waals surface area contributed by atoms with Crippen molar-refractivity contribution >= 4 is 5.84 Å². The minimum Gasteiger partial charge on any atom is -0.387 e. The van der Waals surface area contributed by atoms with Crippen LogP contribution < -0.4 is 5.73 Å². The first kappa shape index (κ1) is 7.80. The lowest BCUT2D eigenvalue weighted by Gasteiger charge is -2.17. The lowest BCUT2D eigenvalue weighted by Crippen LogP contribution is -2.31. The lowest BCUT2D eigenvalue weighted by molar-refractivity contribution is 0.0995. The summed E-state index contributed by atoms with van der Waals surface area (Å²) in [5.41, 5.74) is 5.98. The van der Waals surface area contributed by atoms with Crippen molar-refractivity contribution in [2.24, 2.45) is 16.6 Å². The highest BCUT2D eigenvalue weighted by Crippen LogP contribution is 2.39. The summed E-state index contributed by atoms with van der Waals surface area (Å²) in [5, 5.41) is 0. The first-order valence-corrected chi connectivity index (χ1v) is 5.31. The first-order chi connectivity index (χ1) is 6.33. The topological polar surface area (TPSA) is 47.6 Å². The van der Waals surface area contributed by atoms with Crippen LogP contribution in [0.4, 0.5) is 0 Å². The number of amidine groups is 1. The van der Waals surface area contributed by atoms with Gasteiger partial charge in [0.05, 0.1) is 24.1 Å². The van der Waals surface area contributed by atoms with Gasteiger partial charge in [0.2, 0.25) is 0 Å². The van der Waals surface area contributed by atoms with Crippen LogP contribution in [0.2, 0.25) is 0 Å². The number of aliphatic imine (C=N–C) groups is 1. The largest absolute Gasteiger partial charge is 0.387 e. The molecule has 13 heavy (non-hydrogen) atoms. The maximum absolute atomic E-state index is 5.98. The van der Waals surface area contributed by atoms with Crippen LogP contribution in [0.25, 0.3) is 0 Å². The molecule has 0 amide bonds. The molecule has 3 fully saturated rings. The maximum Gasteiger partial charge on any atom is 0.0999 e. The van der Waals surface area contributed by atoms with E-state index >= 15 is 0 Å². The van der Waals surface area contributed by atoms with E-state index in [2.05, 4.69) is 4.99 Å². The van der Waals surface area contributed by atoms with Gasteiger partial charge in [0.15, 0.2) is 0 Å². The fraction of sp³-hybridized carbons (Fsp3) is 0.900. The Hall–Kier alpha value is -0.570. The fourth-order valence-electron chi connectivity index (χ4n) is 2.46. The van der Waals surface area contributed by atoms with Crippen molar-refractivity contribution in [2.45, 2.75) is 50.4 Å². The molecule has 2 N–H and O–H groups in total. The molecule has 3 unspecified atom stereocenters. The van der Waals surface area contributed by atoms with Gasteiger partial charge in [-0.1, -0.05) is 0 Å². The Morgan fingerprint density at radius 3 is 2.62 bits per heavy atom. The average molecular weight is 180 g/mol. The molecule has 2 bridgehead atoms. The Kier molecular flexibility index (Phi) is 1.62. The Balaban J connectivity index is 1.71. The Labute approximate surface area is 78.4 Å². The summed E-state index contributed by atoms with van der Waals surface area (Å²) in [5.74, 6) is 1.31.